The molecule has 9 atom stereocenters. The van der Waals surface area contributed by atoms with Gasteiger partial charge in [-0.15, -0.1) is 0 Å². The van der Waals surface area contributed by atoms with Crippen LogP contribution in [0.4, 0.5) is 0 Å². The van der Waals surface area contributed by atoms with E-state index in [9.17, 15) is 19.8 Å². The maximum atomic E-state index is 14.2. The topological polar surface area (TPSA) is 102 Å². The van der Waals surface area contributed by atoms with Crippen molar-refractivity contribution in [1.29, 1.82) is 0 Å². The molecule has 0 spiro atoms. The van der Waals surface area contributed by atoms with Gasteiger partial charge in [-0.2, -0.15) is 0 Å². The summed E-state index contributed by atoms with van der Waals surface area (Å²) in [6, 6.07) is 0. The monoisotopic (exact) mass is 450 g/mol. The summed E-state index contributed by atoms with van der Waals surface area (Å²) in [5.41, 5.74) is -2.86. The molecule has 0 aromatic carbocycles. The van der Waals surface area contributed by atoms with Crippen LogP contribution >= 0.6 is 0 Å². The van der Waals surface area contributed by atoms with Gasteiger partial charge in [-0.25, -0.2) is 0 Å². The van der Waals surface area contributed by atoms with Crippen LogP contribution in [0.2, 0.25) is 0 Å². The summed E-state index contributed by atoms with van der Waals surface area (Å²) in [6.07, 6.45) is -1.25. The second kappa shape index (κ2) is 7.11. The van der Waals surface area contributed by atoms with Crippen molar-refractivity contribution in [3.05, 3.63) is 11.1 Å². The molecule has 2 N–H and O–H groups in total. The van der Waals surface area contributed by atoms with Gasteiger partial charge in [-0.05, 0) is 36.3 Å². The molecule has 3 aliphatic carbocycles. The summed E-state index contributed by atoms with van der Waals surface area (Å²) in [7, 11) is 1.58. The van der Waals surface area contributed by atoms with Gasteiger partial charge in [0.25, 0.3) is 0 Å². The van der Waals surface area contributed by atoms with Gasteiger partial charge < -0.3 is 24.4 Å². The Bertz CT molecular complexity index is 878. The number of aliphatic hydroxyl groups is 2. The van der Waals surface area contributed by atoms with Crippen LogP contribution in [0.3, 0.4) is 0 Å². The lowest BCUT2D eigenvalue weighted by Gasteiger charge is -2.68. The summed E-state index contributed by atoms with van der Waals surface area (Å²) in [6.45, 7) is 13.1. The van der Waals surface area contributed by atoms with Crippen LogP contribution in [0, 0.1) is 28.6 Å². The first-order chi connectivity index (χ1) is 14.7. The molecular formula is C25H38O7. The van der Waals surface area contributed by atoms with Crippen LogP contribution in [-0.2, 0) is 23.8 Å². The summed E-state index contributed by atoms with van der Waals surface area (Å²) in [4.78, 5) is 26.4. The highest BCUT2D eigenvalue weighted by molar-refractivity contribution is 5.93. The van der Waals surface area contributed by atoms with Gasteiger partial charge >= 0.3 is 5.97 Å². The fourth-order valence-electron chi connectivity index (χ4n) is 7.93. The Labute approximate surface area is 190 Å². The molecular weight excluding hydrogens is 412 g/mol. The number of ether oxygens (including phenoxy) is 3. The Balaban J connectivity index is 2.02. The van der Waals surface area contributed by atoms with Crippen LogP contribution in [0.1, 0.15) is 61.3 Å². The van der Waals surface area contributed by atoms with Gasteiger partial charge in [0.05, 0.1) is 18.3 Å². The van der Waals surface area contributed by atoms with Crippen LogP contribution in [0.5, 0.6) is 0 Å². The highest BCUT2D eigenvalue weighted by atomic mass is 16.6. The van der Waals surface area contributed by atoms with Gasteiger partial charge in [0.2, 0.25) is 0 Å². The lowest BCUT2D eigenvalue weighted by atomic mass is 9.41. The normalized spacial score (nSPS) is 49.9. The predicted molar refractivity (Wildman–Crippen MR) is 117 cm³/mol. The fourth-order valence-corrected chi connectivity index (χ4v) is 7.93. The third-order valence-electron chi connectivity index (χ3n) is 9.90. The third-order valence-corrected chi connectivity index (χ3v) is 9.90. The molecule has 6 unspecified atom stereocenters. The Kier molecular flexibility index (Phi) is 5.30. The number of esters is 1. The SMILES string of the molecule is COC1CC2(O)[C@@H](C)C3C4(OC(C)=O)COC4C[C@H](C)[C@@]3(C)C(=O)C(O)C(=C1C)C2(C)C. The molecule has 0 aromatic rings. The molecule has 3 fully saturated rings. The highest BCUT2D eigenvalue weighted by Gasteiger charge is 2.75. The van der Waals surface area contributed by atoms with Crippen LogP contribution < -0.4 is 0 Å². The number of ketones is 1. The maximum absolute atomic E-state index is 14.2. The zero-order valence-corrected chi connectivity index (χ0v) is 20.5. The number of carbonyl (C=O) groups excluding carboxylic acids is 2. The average Bonchev–Trinajstić information content (AvgIpc) is 2.70. The van der Waals surface area contributed by atoms with E-state index in [0.29, 0.717) is 18.4 Å². The molecule has 2 bridgehead atoms. The molecule has 32 heavy (non-hydrogen) atoms. The Morgan fingerprint density at radius 2 is 1.84 bits per heavy atom. The number of hydrogen-bond donors (Lipinski definition) is 2. The van der Waals surface area contributed by atoms with Crippen molar-refractivity contribution < 1.29 is 34.0 Å². The predicted octanol–water partition coefficient (Wildman–Crippen LogP) is 2.42. The van der Waals surface area contributed by atoms with Crippen molar-refractivity contribution in [2.45, 2.75) is 90.8 Å². The average molecular weight is 451 g/mol. The largest absolute Gasteiger partial charge is 0.454 e. The summed E-state index contributed by atoms with van der Waals surface area (Å²) in [5.74, 6) is -1.80. The maximum Gasteiger partial charge on any atom is 0.303 e. The fraction of sp³-hybridized carbons (Fsp3) is 0.840. The van der Waals surface area contributed by atoms with Gasteiger partial charge in [0, 0.05) is 37.2 Å². The van der Waals surface area contributed by atoms with E-state index >= 15 is 0 Å². The second-order valence-electron chi connectivity index (χ2n) is 11.4. The minimum absolute atomic E-state index is 0.129. The Morgan fingerprint density at radius 3 is 2.34 bits per heavy atom. The minimum Gasteiger partial charge on any atom is -0.454 e. The van der Waals surface area contributed by atoms with Gasteiger partial charge in [0.15, 0.2) is 11.4 Å². The first-order valence-electron chi connectivity index (χ1n) is 11.7. The number of fused-ring (bicyclic) bond motifs is 5. The van der Waals surface area contributed by atoms with Crippen molar-refractivity contribution >= 4 is 11.8 Å². The molecule has 4 aliphatic rings. The standard InChI is InChI=1S/C25H38O7/c1-12-9-17-24(11-31-17,32-15(4)26)20-14(3)25(29)10-16(30-8)13(2)18(22(25,5)6)19(27)21(28)23(12,20)7/h12,14,16-17,19-20,27,29H,9-11H2,1-8H3/t12-,14-,16?,17?,19?,20?,23+,24?,25?/m0/s1. The molecule has 180 valence electrons. The van der Waals surface area contributed by atoms with Crippen LogP contribution in [0.25, 0.3) is 0 Å². The van der Waals surface area contributed by atoms with Gasteiger partial charge in [0.1, 0.15) is 12.2 Å². The molecule has 1 aliphatic heterocycles. The number of carbonyl (C=O) groups is 2. The third kappa shape index (κ3) is 2.62. The lowest BCUT2D eigenvalue weighted by Crippen LogP contribution is -2.78. The number of Topliss-reactive ketones (excluding diaryl/α,β-unsaturated/α-hetero) is 1. The first-order valence-corrected chi connectivity index (χ1v) is 11.7. The van der Waals surface area contributed by atoms with Crippen LogP contribution in [-0.4, -0.2) is 65.2 Å². The van der Waals surface area contributed by atoms with Crippen molar-refractivity contribution in [3.63, 3.8) is 0 Å². The van der Waals surface area contributed by atoms with Crippen molar-refractivity contribution in [2.75, 3.05) is 13.7 Å². The van der Waals surface area contributed by atoms with Crippen molar-refractivity contribution in [3.8, 4) is 0 Å². The zero-order valence-electron chi connectivity index (χ0n) is 20.5. The molecule has 4 rings (SSSR count). The number of aliphatic hydroxyl groups excluding tert-OH is 1. The zero-order chi connectivity index (χ0) is 24.0. The molecule has 1 saturated heterocycles. The van der Waals surface area contributed by atoms with Gasteiger partial charge in [-0.1, -0.05) is 34.6 Å². The van der Waals surface area contributed by atoms with E-state index in [4.69, 9.17) is 14.2 Å². The molecule has 7 nitrogen and oxygen atoms in total. The van der Waals surface area contributed by atoms with Gasteiger partial charge in [-0.3, -0.25) is 9.59 Å². The summed E-state index contributed by atoms with van der Waals surface area (Å²) < 4.78 is 17.6. The number of methoxy groups -OCH3 is 1. The minimum atomic E-state index is -1.37. The Hall–Kier alpha value is -1.28. The van der Waals surface area contributed by atoms with Crippen molar-refractivity contribution in [2.24, 2.45) is 28.6 Å². The van der Waals surface area contributed by atoms with E-state index in [2.05, 4.69) is 0 Å². The van der Waals surface area contributed by atoms with E-state index < -0.39 is 52.0 Å². The molecule has 7 heteroatoms. The highest BCUT2D eigenvalue weighted by Crippen LogP contribution is 2.66. The van der Waals surface area contributed by atoms with E-state index in [1.54, 1.807) is 7.11 Å². The smallest absolute Gasteiger partial charge is 0.303 e. The Morgan fingerprint density at radius 1 is 1.22 bits per heavy atom. The number of hydrogen-bond acceptors (Lipinski definition) is 7. The van der Waals surface area contributed by atoms with Crippen molar-refractivity contribution in [1.82, 2.24) is 0 Å². The van der Waals surface area contributed by atoms with Crippen LogP contribution in [0.15, 0.2) is 11.1 Å². The van der Waals surface area contributed by atoms with E-state index in [1.807, 2.05) is 41.5 Å². The van der Waals surface area contributed by atoms with E-state index in [-0.39, 0.29) is 24.4 Å². The quantitative estimate of drug-likeness (QED) is 0.492. The molecule has 2 saturated carbocycles. The summed E-state index contributed by atoms with van der Waals surface area (Å²) >= 11 is 0. The summed E-state index contributed by atoms with van der Waals surface area (Å²) in [5, 5.41) is 24.0. The number of rotatable bonds is 2. The molecule has 1 heterocycles. The lowest BCUT2D eigenvalue weighted by molar-refractivity contribution is -0.332. The molecule has 0 radical (unpaired) electrons. The molecule has 0 amide bonds. The second-order valence-corrected chi connectivity index (χ2v) is 11.4. The first kappa shape index (κ1) is 23.9. The van der Waals surface area contributed by atoms with E-state index in [1.165, 1.54) is 6.92 Å². The molecule has 0 aromatic heterocycles. The van der Waals surface area contributed by atoms with E-state index in [0.717, 1.165) is 5.57 Å².